The van der Waals surface area contributed by atoms with Gasteiger partial charge >= 0.3 is 6.09 Å². The summed E-state index contributed by atoms with van der Waals surface area (Å²) in [6.45, 7) is 6.10. The molecule has 0 bridgehead atoms. The first-order valence-corrected chi connectivity index (χ1v) is 12.4. The number of para-hydroxylation sites is 1. The number of ether oxygens (including phenoxy) is 3. The molecule has 2 N–H and O–H groups in total. The zero-order chi connectivity index (χ0) is 25.8. The maximum atomic E-state index is 13.6. The largest absolute Gasteiger partial charge is 0.454 e. The number of carbonyl (C=O) groups is 2. The summed E-state index contributed by atoms with van der Waals surface area (Å²) in [4.78, 5) is 25.9. The molecule has 1 aliphatic heterocycles. The van der Waals surface area contributed by atoms with Gasteiger partial charge in [0.05, 0.1) is 24.6 Å². The fourth-order valence-corrected chi connectivity index (χ4v) is 5.03. The summed E-state index contributed by atoms with van der Waals surface area (Å²) >= 11 is 0. The van der Waals surface area contributed by atoms with Crippen LogP contribution >= 0.6 is 0 Å². The van der Waals surface area contributed by atoms with Crippen molar-refractivity contribution in [1.29, 1.82) is 0 Å². The molecule has 8 heteroatoms. The molecule has 0 radical (unpaired) electrons. The van der Waals surface area contributed by atoms with Gasteiger partial charge in [-0.15, -0.1) is 0 Å². The van der Waals surface area contributed by atoms with Gasteiger partial charge in [0.1, 0.15) is 0 Å². The van der Waals surface area contributed by atoms with Crippen LogP contribution in [0.1, 0.15) is 50.7 Å². The van der Waals surface area contributed by atoms with E-state index in [2.05, 4.69) is 5.32 Å². The third kappa shape index (κ3) is 5.04. The molecule has 3 atom stereocenters. The molecule has 4 rings (SSSR count). The highest BCUT2D eigenvalue weighted by molar-refractivity contribution is 5.92. The van der Waals surface area contributed by atoms with E-state index >= 15 is 0 Å². The van der Waals surface area contributed by atoms with Crippen LogP contribution in [0, 0.1) is 5.92 Å². The molecule has 0 aliphatic carbocycles. The first kappa shape index (κ1) is 25.6. The van der Waals surface area contributed by atoms with Crippen LogP contribution in [0.2, 0.25) is 0 Å². The number of aliphatic hydroxyl groups is 1. The van der Waals surface area contributed by atoms with E-state index in [1.807, 2.05) is 51.1 Å². The molecule has 2 unspecified atom stereocenters. The van der Waals surface area contributed by atoms with Crippen LogP contribution in [0.5, 0.6) is 11.5 Å². The van der Waals surface area contributed by atoms with Crippen molar-refractivity contribution in [2.45, 2.75) is 58.1 Å². The van der Waals surface area contributed by atoms with Gasteiger partial charge in [0.15, 0.2) is 11.5 Å². The summed E-state index contributed by atoms with van der Waals surface area (Å²) in [6.07, 6.45) is 2.46. The molecule has 8 nitrogen and oxygen atoms in total. The van der Waals surface area contributed by atoms with Crippen molar-refractivity contribution < 1.29 is 28.9 Å². The van der Waals surface area contributed by atoms with E-state index in [9.17, 15) is 14.7 Å². The first-order valence-electron chi connectivity index (χ1n) is 12.4. The third-order valence-electron chi connectivity index (χ3n) is 6.99. The molecule has 1 aliphatic rings. The molecule has 0 saturated carbocycles. The van der Waals surface area contributed by atoms with Gasteiger partial charge in [-0.25, -0.2) is 4.79 Å². The van der Waals surface area contributed by atoms with E-state index in [0.29, 0.717) is 23.5 Å². The number of fused-ring (bicyclic) bond motifs is 2. The Morgan fingerprint density at radius 1 is 1.11 bits per heavy atom. The van der Waals surface area contributed by atoms with E-state index < -0.39 is 18.1 Å². The Hall–Kier alpha value is -3.52. The average molecular weight is 495 g/mol. The predicted molar refractivity (Wildman–Crippen MR) is 136 cm³/mol. The standard InChI is InChI=1S/C28H34N2O6/c1-5-18(6-2)26(31)25(19-11-12-23-24(14-19)36-16-35-23)27(32)29-17(3)13-20-15-30(28(33)34-4)22-10-8-7-9-21(20)22/h7-12,14-15,17-18,25-26,31H,5-6,13,16H2,1-4H3,(H,29,32)/t17-,25?,26?/m1/s1. The maximum Gasteiger partial charge on any atom is 0.418 e. The number of hydrogen-bond donors (Lipinski definition) is 2. The number of rotatable bonds is 9. The summed E-state index contributed by atoms with van der Waals surface area (Å²) in [5.41, 5.74) is 2.36. The van der Waals surface area contributed by atoms with Gasteiger partial charge in [-0.3, -0.25) is 9.36 Å². The molecule has 1 amide bonds. The Morgan fingerprint density at radius 3 is 2.56 bits per heavy atom. The Bertz CT molecular complexity index is 1230. The molecule has 0 saturated heterocycles. The van der Waals surface area contributed by atoms with Crippen LogP contribution < -0.4 is 14.8 Å². The fraction of sp³-hybridized carbons (Fsp3) is 0.429. The number of nitrogens with zero attached hydrogens (tertiary/aromatic N) is 1. The molecule has 192 valence electrons. The van der Waals surface area contributed by atoms with Crippen LogP contribution in [-0.4, -0.2) is 47.7 Å². The summed E-state index contributed by atoms with van der Waals surface area (Å²) in [7, 11) is 1.35. The van der Waals surface area contributed by atoms with E-state index in [1.165, 1.54) is 11.7 Å². The van der Waals surface area contributed by atoms with Crippen LogP contribution in [-0.2, 0) is 16.0 Å². The second kappa shape index (κ2) is 11.0. The molecule has 3 aromatic rings. The Kier molecular flexibility index (Phi) is 7.84. The van der Waals surface area contributed by atoms with Crippen molar-refractivity contribution in [3.05, 3.63) is 59.8 Å². The zero-order valence-electron chi connectivity index (χ0n) is 21.2. The normalized spacial score (nSPS) is 15.1. The molecule has 0 fully saturated rings. The smallest absolute Gasteiger partial charge is 0.418 e. The van der Waals surface area contributed by atoms with Crippen molar-refractivity contribution >= 4 is 22.9 Å². The summed E-state index contributed by atoms with van der Waals surface area (Å²) in [5.74, 6) is 0.163. The number of nitrogens with one attached hydrogen (secondary N) is 1. The summed E-state index contributed by atoms with van der Waals surface area (Å²) in [5, 5.41) is 15.3. The Labute approximate surface area is 211 Å². The van der Waals surface area contributed by atoms with Gasteiger partial charge in [-0.05, 0) is 48.6 Å². The lowest BCUT2D eigenvalue weighted by Gasteiger charge is -2.29. The van der Waals surface area contributed by atoms with Crippen molar-refractivity contribution in [1.82, 2.24) is 9.88 Å². The van der Waals surface area contributed by atoms with Crippen LogP contribution in [0.4, 0.5) is 4.79 Å². The van der Waals surface area contributed by atoms with Gasteiger partial charge in [-0.2, -0.15) is 0 Å². The van der Waals surface area contributed by atoms with Crippen LogP contribution in [0.15, 0.2) is 48.7 Å². The van der Waals surface area contributed by atoms with E-state index in [-0.39, 0.29) is 24.7 Å². The minimum Gasteiger partial charge on any atom is -0.454 e. The second-order valence-corrected chi connectivity index (χ2v) is 9.28. The lowest BCUT2D eigenvalue weighted by molar-refractivity contribution is -0.126. The van der Waals surface area contributed by atoms with Crippen LogP contribution in [0.3, 0.4) is 0 Å². The predicted octanol–water partition coefficient (Wildman–Crippen LogP) is 4.61. The topological polar surface area (TPSA) is 99.0 Å². The van der Waals surface area contributed by atoms with Crippen LogP contribution in [0.25, 0.3) is 10.9 Å². The fourth-order valence-electron chi connectivity index (χ4n) is 5.03. The molecule has 0 spiro atoms. The van der Waals surface area contributed by atoms with E-state index in [1.54, 1.807) is 18.3 Å². The highest BCUT2D eigenvalue weighted by Gasteiger charge is 2.34. The highest BCUT2D eigenvalue weighted by atomic mass is 16.7. The number of aliphatic hydroxyl groups excluding tert-OH is 1. The number of aromatic nitrogens is 1. The van der Waals surface area contributed by atoms with E-state index in [0.717, 1.165) is 29.3 Å². The molecule has 2 aromatic carbocycles. The lowest BCUT2D eigenvalue weighted by Crippen LogP contribution is -2.43. The Balaban J connectivity index is 1.58. The van der Waals surface area contributed by atoms with E-state index in [4.69, 9.17) is 14.2 Å². The minimum atomic E-state index is -0.853. The van der Waals surface area contributed by atoms with Crippen molar-refractivity contribution in [2.24, 2.45) is 5.92 Å². The number of amides is 1. The minimum absolute atomic E-state index is 0.0282. The number of carbonyl (C=O) groups excluding carboxylic acids is 2. The summed E-state index contributed by atoms with van der Waals surface area (Å²) < 4.78 is 17.3. The number of methoxy groups -OCH3 is 1. The average Bonchev–Trinajstić information content (AvgIpc) is 3.49. The second-order valence-electron chi connectivity index (χ2n) is 9.28. The maximum absolute atomic E-state index is 13.6. The van der Waals surface area contributed by atoms with Gasteiger partial charge in [0.2, 0.25) is 12.7 Å². The number of benzene rings is 2. The molecular weight excluding hydrogens is 460 g/mol. The van der Waals surface area contributed by atoms with Gasteiger partial charge in [0.25, 0.3) is 0 Å². The molecular formula is C28H34N2O6. The van der Waals surface area contributed by atoms with Crippen molar-refractivity contribution in [2.75, 3.05) is 13.9 Å². The highest BCUT2D eigenvalue weighted by Crippen LogP contribution is 2.37. The molecule has 36 heavy (non-hydrogen) atoms. The van der Waals surface area contributed by atoms with Gasteiger partial charge in [-0.1, -0.05) is 51.0 Å². The molecule has 1 aromatic heterocycles. The SMILES string of the molecule is CCC(CC)C(O)C(C(=O)N[C@H](C)Cc1cn(C(=O)OC)c2ccccc12)c1ccc2c(c1)OCO2. The lowest BCUT2D eigenvalue weighted by atomic mass is 9.82. The summed E-state index contributed by atoms with van der Waals surface area (Å²) in [6, 6.07) is 12.7. The first-order chi connectivity index (χ1) is 17.4. The quantitative estimate of drug-likeness (QED) is 0.451. The molecule has 2 heterocycles. The van der Waals surface area contributed by atoms with Crippen molar-refractivity contribution in [3.8, 4) is 11.5 Å². The number of hydrogen-bond acceptors (Lipinski definition) is 6. The zero-order valence-corrected chi connectivity index (χ0v) is 21.2. The monoisotopic (exact) mass is 494 g/mol. The van der Waals surface area contributed by atoms with Gasteiger partial charge < -0.3 is 24.6 Å². The Morgan fingerprint density at radius 2 is 1.83 bits per heavy atom. The third-order valence-corrected chi connectivity index (χ3v) is 6.99. The van der Waals surface area contributed by atoms with Gasteiger partial charge in [0, 0.05) is 17.6 Å². The van der Waals surface area contributed by atoms with Crippen molar-refractivity contribution in [3.63, 3.8) is 0 Å².